The molecule has 0 amide bonds. The first-order valence-electron chi connectivity index (χ1n) is 15.0. The van der Waals surface area contributed by atoms with Gasteiger partial charge in [-0.2, -0.15) is 0 Å². The summed E-state index contributed by atoms with van der Waals surface area (Å²) in [6.45, 7) is 0. The first-order valence-corrected chi connectivity index (χ1v) is 15.0. The minimum Gasteiger partial charge on any atom is -0.453 e. The van der Waals surface area contributed by atoms with Gasteiger partial charge in [-0.3, -0.25) is 0 Å². The fourth-order valence-corrected chi connectivity index (χ4v) is 6.64. The van der Waals surface area contributed by atoms with Crippen molar-refractivity contribution in [2.24, 2.45) is 0 Å². The minimum atomic E-state index is 0.886. The normalized spacial score (nSPS) is 11.8. The van der Waals surface area contributed by atoms with Gasteiger partial charge in [-0.1, -0.05) is 115 Å². The SMILES string of the molecule is c1ccc(-c2cc(-c3ccccc3)cc(-c3ccc(-c4ccc5c(c4)c4cccc6c4n5-c4ccccc4O6)cc3)c2)cc1. The van der Waals surface area contributed by atoms with Crippen molar-refractivity contribution in [2.75, 3.05) is 0 Å². The van der Waals surface area contributed by atoms with Gasteiger partial charge in [-0.15, -0.1) is 0 Å². The summed E-state index contributed by atoms with van der Waals surface area (Å²) in [5.41, 5.74) is 13.1. The van der Waals surface area contributed by atoms with E-state index >= 15 is 0 Å². The molecule has 0 N–H and O–H groups in total. The number of ether oxygens (including phenoxy) is 1. The number of benzene rings is 7. The van der Waals surface area contributed by atoms with Crippen LogP contribution in [0.5, 0.6) is 11.5 Å². The van der Waals surface area contributed by atoms with E-state index < -0.39 is 0 Å². The van der Waals surface area contributed by atoms with Crippen LogP contribution in [0.3, 0.4) is 0 Å². The largest absolute Gasteiger partial charge is 0.453 e. The molecule has 2 nitrogen and oxygen atoms in total. The van der Waals surface area contributed by atoms with Crippen LogP contribution < -0.4 is 4.74 Å². The number of aromatic nitrogens is 1. The molecule has 0 atom stereocenters. The Bertz CT molecular complexity index is 2270. The average Bonchev–Trinajstić information content (AvgIpc) is 3.44. The second kappa shape index (κ2) is 9.86. The highest BCUT2D eigenvalue weighted by Gasteiger charge is 2.23. The molecule has 1 aromatic heterocycles. The Morgan fingerprint density at radius 3 is 1.52 bits per heavy atom. The first-order chi connectivity index (χ1) is 21.8. The third-order valence-corrected chi connectivity index (χ3v) is 8.78. The van der Waals surface area contributed by atoms with E-state index in [1.165, 1.54) is 60.8 Å². The molecule has 206 valence electrons. The smallest absolute Gasteiger partial charge is 0.152 e. The van der Waals surface area contributed by atoms with Crippen LogP contribution in [0.15, 0.2) is 164 Å². The molecule has 1 aliphatic heterocycles. The van der Waals surface area contributed by atoms with E-state index in [0.717, 1.165) is 22.7 Å². The summed E-state index contributed by atoms with van der Waals surface area (Å²) in [5, 5.41) is 2.43. The van der Waals surface area contributed by atoms with Crippen LogP contribution in [0.2, 0.25) is 0 Å². The van der Waals surface area contributed by atoms with Gasteiger partial charge in [0.15, 0.2) is 11.5 Å². The van der Waals surface area contributed by atoms with Gasteiger partial charge in [0.1, 0.15) is 0 Å². The first kappa shape index (κ1) is 24.7. The topological polar surface area (TPSA) is 14.2 Å². The van der Waals surface area contributed by atoms with E-state index in [-0.39, 0.29) is 0 Å². The van der Waals surface area contributed by atoms with E-state index in [1.807, 2.05) is 12.1 Å². The molecule has 0 saturated heterocycles. The number of hydrogen-bond donors (Lipinski definition) is 0. The Hall–Kier alpha value is -5.86. The monoisotopic (exact) mass is 561 g/mol. The van der Waals surface area contributed by atoms with Gasteiger partial charge in [0.2, 0.25) is 0 Å². The Balaban J connectivity index is 1.14. The molecular weight excluding hydrogens is 534 g/mol. The lowest BCUT2D eigenvalue weighted by Gasteiger charge is -2.20. The minimum absolute atomic E-state index is 0.886. The second-order valence-corrected chi connectivity index (χ2v) is 11.4. The average molecular weight is 562 g/mol. The summed E-state index contributed by atoms with van der Waals surface area (Å²) in [7, 11) is 0. The van der Waals surface area contributed by atoms with E-state index in [2.05, 4.69) is 156 Å². The Morgan fingerprint density at radius 1 is 0.341 bits per heavy atom. The van der Waals surface area contributed by atoms with E-state index in [9.17, 15) is 0 Å². The van der Waals surface area contributed by atoms with Gasteiger partial charge in [-0.05, 0) is 93.0 Å². The molecule has 0 unspecified atom stereocenters. The quantitative estimate of drug-likeness (QED) is 0.208. The van der Waals surface area contributed by atoms with Crippen LogP contribution >= 0.6 is 0 Å². The van der Waals surface area contributed by atoms with E-state index in [0.29, 0.717) is 0 Å². The predicted octanol–water partition coefficient (Wildman–Crippen LogP) is 11.6. The van der Waals surface area contributed by atoms with Crippen LogP contribution in [-0.2, 0) is 0 Å². The number of nitrogens with zero attached hydrogens (tertiary/aromatic N) is 1. The fourth-order valence-electron chi connectivity index (χ4n) is 6.64. The summed E-state index contributed by atoms with van der Waals surface area (Å²) in [5.74, 6) is 1.78. The molecule has 7 aromatic carbocycles. The van der Waals surface area contributed by atoms with Crippen LogP contribution in [0, 0.1) is 0 Å². The van der Waals surface area contributed by atoms with E-state index in [1.54, 1.807) is 0 Å². The third-order valence-electron chi connectivity index (χ3n) is 8.78. The van der Waals surface area contributed by atoms with Crippen molar-refractivity contribution in [1.29, 1.82) is 0 Å². The molecule has 0 bridgehead atoms. The van der Waals surface area contributed by atoms with Gasteiger partial charge in [-0.25, -0.2) is 0 Å². The Kier molecular flexibility index (Phi) is 5.54. The standard InChI is InChI=1S/C42H27NO/c1-3-10-28(11-4-1)33-24-34(29-12-5-2-6-13-29)26-35(25-33)31-20-18-30(19-21-31)32-22-23-38-37(27-32)36-14-9-17-41-42(36)43(38)39-15-7-8-16-40(39)44-41/h1-27H. The molecule has 0 saturated carbocycles. The van der Waals surface area contributed by atoms with Crippen molar-refractivity contribution in [2.45, 2.75) is 0 Å². The highest BCUT2D eigenvalue weighted by atomic mass is 16.5. The lowest BCUT2D eigenvalue weighted by atomic mass is 9.92. The Morgan fingerprint density at radius 2 is 0.864 bits per heavy atom. The van der Waals surface area contributed by atoms with Crippen LogP contribution in [0.4, 0.5) is 0 Å². The second-order valence-electron chi connectivity index (χ2n) is 11.4. The molecular formula is C42H27NO. The highest BCUT2D eigenvalue weighted by molar-refractivity contribution is 6.13. The predicted molar refractivity (Wildman–Crippen MR) is 183 cm³/mol. The van der Waals surface area contributed by atoms with E-state index in [4.69, 9.17) is 4.74 Å². The lowest BCUT2D eigenvalue weighted by Crippen LogP contribution is -2.03. The molecule has 44 heavy (non-hydrogen) atoms. The summed E-state index contributed by atoms with van der Waals surface area (Å²) < 4.78 is 8.64. The van der Waals surface area contributed by atoms with Crippen molar-refractivity contribution in [3.63, 3.8) is 0 Å². The Labute approximate surface area is 256 Å². The maximum absolute atomic E-state index is 6.30. The summed E-state index contributed by atoms with van der Waals surface area (Å²) in [6.07, 6.45) is 0. The summed E-state index contributed by atoms with van der Waals surface area (Å²) in [6, 6.07) is 58.6. The molecule has 8 aromatic rings. The van der Waals surface area contributed by atoms with Gasteiger partial charge < -0.3 is 9.30 Å². The van der Waals surface area contributed by atoms with Gasteiger partial charge in [0.25, 0.3) is 0 Å². The van der Waals surface area contributed by atoms with Gasteiger partial charge in [0.05, 0.1) is 16.7 Å². The number of para-hydroxylation sites is 3. The molecule has 0 aliphatic carbocycles. The summed E-state index contributed by atoms with van der Waals surface area (Å²) >= 11 is 0. The summed E-state index contributed by atoms with van der Waals surface area (Å²) in [4.78, 5) is 0. The maximum Gasteiger partial charge on any atom is 0.152 e. The van der Waals surface area contributed by atoms with Crippen molar-refractivity contribution in [3.05, 3.63) is 164 Å². The maximum atomic E-state index is 6.30. The number of fused-ring (bicyclic) bond motifs is 5. The molecule has 9 rings (SSSR count). The van der Waals surface area contributed by atoms with Crippen molar-refractivity contribution < 1.29 is 4.74 Å². The molecule has 2 heterocycles. The molecule has 0 radical (unpaired) electrons. The van der Waals surface area contributed by atoms with Gasteiger partial charge in [0, 0.05) is 10.8 Å². The fraction of sp³-hybridized carbons (Fsp3) is 0. The zero-order chi connectivity index (χ0) is 29.0. The van der Waals surface area contributed by atoms with Crippen LogP contribution in [-0.4, -0.2) is 4.57 Å². The zero-order valence-electron chi connectivity index (χ0n) is 23.9. The van der Waals surface area contributed by atoms with Crippen molar-refractivity contribution in [1.82, 2.24) is 4.57 Å². The molecule has 0 fully saturated rings. The lowest BCUT2D eigenvalue weighted by molar-refractivity contribution is 0.476. The zero-order valence-corrected chi connectivity index (χ0v) is 23.9. The third kappa shape index (κ3) is 3.96. The number of hydrogen-bond acceptors (Lipinski definition) is 1. The van der Waals surface area contributed by atoms with Gasteiger partial charge >= 0.3 is 0 Å². The highest BCUT2D eigenvalue weighted by Crippen LogP contribution is 2.45. The molecule has 2 heteroatoms. The van der Waals surface area contributed by atoms with Crippen molar-refractivity contribution >= 4 is 21.8 Å². The van der Waals surface area contributed by atoms with Crippen molar-refractivity contribution in [3.8, 4) is 61.7 Å². The molecule has 0 spiro atoms. The molecule has 1 aliphatic rings. The van der Waals surface area contributed by atoms with Crippen LogP contribution in [0.25, 0.3) is 72.0 Å². The number of rotatable bonds is 4. The van der Waals surface area contributed by atoms with Crippen LogP contribution in [0.1, 0.15) is 0 Å².